The van der Waals surface area contributed by atoms with Crippen LogP contribution >= 0.6 is 0 Å². The van der Waals surface area contributed by atoms with Crippen LogP contribution in [0.3, 0.4) is 0 Å². The first-order chi connectivity index (χ1) is 16.9. The normalized spacial score (nSPS) is 11.2. The molecule has 0 spiro atoms. The molecule has 0 atom stereocenters. The largest absolute Gasteiger partial charge is 0.744 e. The van der Waals surface area contributed by atoms with Crippen LogP contribution in [0.4, 0.5) is 22.0 Å². The Kier molecular flexibility index (Phi) is 8.23. The molecule has 36 heavy (non-hydrogen) atoms. The van der Waals surface area contributed by atoms with Gasteiger partial charge in [-0.25, -0.2) is 30.4 Å². The molecule has 0 radical (unpaired) electrons. The number of hydrogen-bond acceptors (Lipinski definition) is 5. The Morgan fingerprint density at radius 1 is 0.639 bits per heavy atom. The van der Waals surface area contributed by atoms with E-state index >= 15 is 0 Å². The van der Waals surface area contributed by atoms with E-state index in [1.165, 1.54) is 6.07 Å². The zero-order valence-corrected chi connectivity index (χ0v) is 19.5. The lowest BCUT2D eigenvalue weighted by atomic mass is 10.3. The zero-order valence-electron chi connectivity index (χ0n) is 17.8. The summed E-state index contributed by atoms with van der Waals surface area (Å²) in [5.74, 6) is -12.6. The van der Waals surface area contributed by atoms with Gasteiger partial charge in [0.25, 0.3) is 0 Å². The van der Waals surface area contributed by atoms with Crippen molar-refractivity contribution in [3.05, 3.63) is 108 Å². The molecule has 2 N–H and O–H groups in total. The lowest BCUT2D eigenvalue weighted by Gasteiger charge is -2.10. The molecular formula is C24H15F5O5S2. The maximum atomic E-state index is 12.6. The maximum Gasteiger partial charge on any atom is 0.208 e. The van der Waals surface area contributed by atoms with Gasteiger partial charge in [0.1, 0.15) is 31.7 Å². The van der Waals surface area contributed by atoms with Gasteiger partial charge in [-0.3, -0.25) is 0 Å². The van der Waals surface area contributed by atoms with Gasteiger partial charge < -0.3 is 14.8 Å². The SMILES string of the molecule is O=S(=O)([O-])c1c(F)c(F)c(F)c(F)c1F.Oc1ccc([S+](c2ccccc2)c2ccccc2)c(O)c1. The van der Waals surface area contributed by atoms with E-state index in [2.05, 4.69) is 24.3 Å². The molecule has 0 unspecified atom stereocenters. The van der Waals surface area contributed by atoms with Gasteiger partial charge in [0.05, 0.1) is 0 Å². The standard InChI is InChI=1S/C18H14O2S.C6HF5O3S/c19-14-11-12-18(17(20)13-14)21(15-7-3-1-4-8-15)16-9-5-2-6-10-16;7-1-2(8)4(10)6(15(12,13)14)5(11)3(1)9/h1-13H,(H-,19,20);(H,12,13,14). The van der Waals surface area contributed by atoms with Crippen molar-refractivity contribution < 1.29 is 45.1 Å². The third kappa shape index (κ3) is 5.78. The van der Waals surface area contributed by atoms with Crippen LogP contribution in [0.1, 0.15) is 0 Å². The molecular weight excluding hydrogens is 527 g/mol. The highest BCUT2D eigenvalue weighted by molar-refractivity contribution is 7.97. The first-order valence-corrected chi connectivity index (χ1v) is 12.4. The van der Waals surface area contributed by atoms with Crippen LogP contribution in [0.5, 0.6) is 11.5 Å². The highest BCUT2D eigenvalue weighted by Gasteiger charge is 2.31. The van der Waals surface area contributed by atoms with E-state index < -0.39 is 55.0 Å². The maximum absolute atomic E-state index is 12.6. The highest BCUT2D eigenvalue weighted by Crippen LogP contribution is 2.37. The molecule has 0 aliphatic carbocycles. The number of benzene rings is 4. The monoisotopic (exact) mass is 542 g/mol. The van der Waals surface area contributed by atoms with Crippen molar-refractivity contribution >= 4 is 21.0 Å². The number of aromatic hydroxyl groups is 2. The molecule has 0 saturated carbocycles. The van der Waals surface area contributed by atoms with Crippen LogP contribution in [-0.2, 0) is 21.0 Å². The fraction of sp³-hybridized carbons (Fsp3) is 0. The quantitative estimate of drug-likeness (QED) is 0.117. The molecule has 0 amide bonds. The number of phenolic OH excluding ortho intramolecular Hbond substituents is 2. The summed E-state index contributed by atoms with van der Waals surface area (Å²) >= 11 is 0. The summed E-state index contributed by atoms with van der Waals surface area (Å²) < 4.78 is 92.9. The summed E-state index contributed by atoms with van der Waals surface area (Å²) in [6.07, 6.45) is 0. The topological polar surface area (TPSA) is 97.7 Å². The molecule has 0 heterocycles. The van der Waals surface area contributed by atoms with Crippen molar-refractivity contribution in [3.63, 3.8) is 0 Å². The van der Waals surface area contributed by atoms with Crippen molar-refractivity contribution in [3.8, 4) is 11.5 Å². The van der Waals surface area contributed by atoms with Gasteiger partial charge in [-0.05, 0) is 30.3 Å². The fourth-order valence-corrected chi connectivity index (χ4v) is 5.71. The first-order valence-electron chi connectivity index (χ1n) is 9.77. The van der Waals surface area contributed by atoms with Crippen LogP contribution in [0.15, 0.2) is 98.4 Å². The van der Waals surface area contributed by atoms with Gasteiger partial charge in [0.2, 0.25) is 10.7 Å². The third-order valence-electron chi connectivity index (χ3n) is 4.54. The van der Waals surface area contributed by atoms with Crippen molar-refractivity contribution in [2.24, 2.45) is 0 Å². The Hall–Kier alpha value is -3.61. The fourth-order valence-electron chi connectivity index (χ4n) is 2.99. The van der Waals surface area contributed by atoms with Gasteiger partial charge in [0.15, 0.2) is 38.8 Å². The zero-order chi connectivity index (χ0) is 26.6. The Balaban J connectivity index is 0.000000214. The molecule has 0 aromatic heterocycles. The smallest absolute Gasteiger partial charge is 0.208 e. The van der Waals surface area contributed by atoms with E-state index in [1.54, 1.807) is 12.1 Å². The number of rotatable bonds is 4. The van der Waals surface area contributed by atoms with E-state index in [4.69, 9.17) is 0 Å². The van der Waals surface area contributed by atoms with Crippen molar-refractivity contribution in [2.45, 2.75) is 19.6 Å². The highest BCUT2D eigenvalue weighted by atomic mass is 32.2. The Morgan fingerprint density at radius 2 is 1.06 bits per heavy atom. The van der Waals surface area contributed by atoms with E-state index in [1.807, 2.05) is 36.4 Å². The summed E-state index contributed by atoms with van der Waals surface area (Å²) in [5.41, 5.74) is 0. The molecule has 0 bridgehead atoms. The van der Waals surface area contributed by atoms with E-state index in [0.29, 0.717) is 0 Å². The van der Waals surface area contributed by atoms with Crippen molar-refractivity contribution in [2.75, 3.05) is 0 Å². The summed E-state index contributed by atoms with van der Waals surface area (Å²) in [7, 11) is -6.17. The second kappa shape index (κ2) is 11.0. The molecule has 0 aliphatic heterocycles. The third-order valence-corrected chi connectivity index (χ3v) is 7.67. The van der Waals surface area contributed by atoms with Crippen molar-refractivity contribution in [1.29, 1.82) is 0 Å². The molecule has 4 aromatic rings. The van der Waals surface area contributed by atoms with Crippen LogP contribution in [-0.4, -0.2) is 23.2 Å². The van der Waals surface area contributed by atoms with Crippen LogP contribution < -0.4 is 0 Å². The average Bonchev–Trinajstić information content (AvgIpc) is 2.84. The second-order valence-corrected chi connectivity index (χ2v) is 10.2. The number of hydrogen-bond donors (Lipinski definition) is 2. The first kappa shape index (κ1) is 27.0. The summed E-state index contributed by atoms with van der Waals surface area (Å²) in [4.78, 5) is 0.693. The van der Waals surface area contributed by atoms with Crippen LogP contribution in [0, 0.1) is 29.1 Å². The second-order valence-electron chi connectivity index (χ2n) is 6.94. The molecule has 0 fully saturated rings. The molecule has 12 heteroatoms. The predicted octanol–water partition coefficient (Wildman–Crippen LogP) is 5.48. The number of halogens is 5. The Bertz CT molecular complexity index is 1420. The van der Waals surface area contributed by atoms with Gasteiger partial charge in [0, 0.05) is 12.1 Å². The Morgan fingerprint density at radius 3 is 1.44 bits per heavy atom. The molecule has 4 rings (SSSR count). The molecule has 0 saturated heterocycles. The van der Waals surface area contributed by atoms with Gasteiger partial charge in [-0.1, -0.05) is 36.4 Å². The predicted molar refractivity (Wildman–Crippen MR) is 119 cm³/mol. The average molecular weight is 543 g/mol. The Labute approximate surface area is 205 Å². The van der Waals surface area contributed by atoms with Crippen LogP contribution in [0.2, 0.25) is 0 Å². The molecule has 5 nitrogen and oxygen atoms in total. The van der Waals surface area contributed by atoms with Gasteiger partial charge >= 0.3 is 0 Å². The van der Waals surface area contributed by atoms with E-state index in [-0.39, 0.29) is 11.5 Å². The molecule has 188 valence electrons. The van der Waals surface area contributed by atoms with E-state index in [9.17, 15) is 45.1 Å². The van der Waals surface area contributed by atoms with E-state index in [0.717, 1.165) is 14.7 Å². The summed E-state index contributed by atoms with van der Waals surface area (Å²) in [6, 6.07) is 25.0. The lowest BCUT2D eigenvalue weighted by Crippen LogP contribution is -2.12. The lowest BCUT2D eigenvalue weighted by molar-refractivity contribution is 0.350. The van der Waals surface area contributed by atoms with Gasteiger partial charge in [-0.15, -0.1) is 0 Å². The molecule has 0 aliphatic rings. The molecule has 4 aromatic carbocycles. The minimum atomic E-state index is -5.77. The minimum Gasteiger partial charge on any atom is -0.744 e. The van der Waals surface area contributed by atoms with Crippen LogP contribution in [0.25, 0.3) is 0 Å². The number of phenols is 2. The van der Waals surface area contributed by atoms with Crippen molar-refractivity contribution in [1.82, 2.24) is 0 Å². The minimum absolute atomic E-state index is 0.0703. The summed E-state index contributed by atoms with van der Waals surface area (Å²) in [6.45, 7) is 0. The summed E-state index contributed by atoms with van der Waals surface area (Å²) in [5, 5.41) is 19.7. The van der Waals surface area contributed by atoms with Gasteiger partial charge in [-0.2, -0.15) is 0 Å².